The Morgan fingerprint density at radius 2 is 2.08 bits per heavy atom. The average Bonchev–Trinajstić information content (AvgIpc) is 3.02. The van der Waals surface area contributed by atoms with Gasteiger partial charge < -0.3 is 15.8 Å². The zero-order valence-corrected chi connectivity index (χ0v) is 13.7. The molecule has 0 unspecified atom stereocenters. The molecular formula is C17H17N3O3S. The molecule has 0 aliphatic carbocycles. The van der Waals surface area contributed by atoms with Crippen molar-refractivity contribution in [1.29, 1.82) is 0 Å². The quantitative estimate of drug-likeness (QED) is 0.493. The second-order valence-corrected chi connectivity index (χ2v) is 6.49. The van der Waals surface area contributed by atoms with Crippen LogP contribution in [0.1, 0.15) is 18.4 Å². The highest BCUT2D eigenvalue weighted by molar-refractivity contribution is 7.98. The minimum Gasteiger partial charge on any atom is -0.618 e. The van der Waals surface area contributed by atoms with Gasteiger partial charge in [-0.05, 0) is 30.2 Å². The molecule has 7 heteroatoms. The third kappa shape index (κ3) is 4.05. The number of carbonyl (C=O) groups excluding carboxylic acids is 2. The van der Waals surface area contributed by atoms with Gasteiger partial charge in [-0.25, -0.2) is 0 Å². The molecule has 0 spiro atoms. The number of pyridine rings is 1. The van der Waals surface area contributed by atoms with E-state index in [0.717, 1.165) is 10.3 Å². The van der Waals surface area contributed by atoms with Crippen LogP contribution in [0, 0.1) is 5.21 Å². The molecule has 124 valence electrons. The molecule has 1 aliphatic heterocycles. The highest BCUT2D eigenvalue weighted by Crippen LogP contribution is 2.21. The van der Waals surface area contributed by atoms with Crippen LogP contribution < -0.4 is 15.4 Å². The Labute approximate surface area is 143 Å². The summed E-state index contributed by atoms with van der Waals surface area (Å²) in [7, 11) is 0. The van der Waals surface area contributed by atoms with Crippen LogP contribution >= 0.6 is 11.8 Å². The molecule has 2 N–H and O–H groups in total. The molecule has 1 aromatic heterocycles. The van der Waals surface area contributed by atoms with E-state index in [1.165, 1.54) is 18.0 Å². The summed E-state index contributed by atoms with van der Waals surface area (Å²) in [4.78, 5) is 23.2. The van der Waals surface area contributed by atoms with Crippen molar-refractivity contribution in [2.75, 3.05) is 5.32 Å². The Kier molecular flexibility index (Phi) is 5.00. The second-order valence-electron chi connectivity index (χ2n) is 5.50. The average molecular weight is 343 g/mol. The SMILES string of the molecule is O=C1CC[C@@H](C(=O)Nc2ccc(CSc3cccc[n+]3[O-])cc2)N1. The number of carbonyl (C=O) groups is 2. The lowest BCUT2D eigenvalue weighted by molar-refractivity contribution is -0.645. The molecular weight excluding hydrogens is 326 g/mol. The van der Waals surface area contributed by atoms with E-state index in [4.69, 9.17) is 0 Å². The Morgan fingerprint density at radius 3 is 2.75 bits per heavy atom. The van der Waals surface area contributed by atoms with Crippen LogP contribution in [0.3, 0.4) is 0 Å². The van der Waals surface area contributed by atoms with Gasteiger partial charge in [0.15, 0.2) is 6.20 Å². The molecule has 1 atom stereocenters. The van der Waals surface area contributed by atoms with E-state index in [1.807, 2.05) is 30.3 Å². The first-order valence-corrected chi connectivity index (χ1v) is 8.60. The van der Waals surface area contributed by atoms with Crippen molar-refractivity contribution in [2.24, 2.45) is 0 Å². The van der Waals surface area contributed by atoms with E-state index >= 15 is 0 Å². The first-order chi connectivity index (χ1) is 11.6. The van der Waals surface area contributed by atoms with Crippen LogP contribution in [0.15, 0.2) is 53.7 Å². The maximum Gasteiger partial charge on any atom is 0.251 e. The smallest absolute Gasteiger partial charge is 0.251 e. The molecule has 1 aromatic carbocycles. The van der Waals surface area contributed by atoms with Crippen LogP contribution in [-0.4, -0.2) is 17.9 Å². The largest absolute Gasteiger partial charge is 0.618 e. The Hall–Kier alpha value is -2.54. The van der Waals surface area contributed by atoms with Crippen LogP contribution in [-0.2, 0) is 15.3 Å². The third-order valence-electron chi connectivity index (χ3n) is 3.71. The van der Waals surface area contributed by atoms with Gasteiger partial charge in [0.25, 0.3) is 5.03 Å². The van der Waals surface area contributed by atoms with Crippen LogP contribution in [0.25, 0.3) is 0 Å². The molecule has 0 radical (unpaired) electrons. The van der Waals surface area contributed by atoms with Crippen LogP contribution in [0.5, 0.6) is 0 Å². The van der Waals surface area contributed by atoms with Crippen LogP contribution in [0.2, 0.25) is 0 Å². The molecule has 2 aromatic rings. The van der Waals surface area contributed by atoms with Crippen molar-refractivity contribution >= 4 is 29.3 Å². The summed E-state index contributed by atoms with van der Waals surface area (Å²) in [5, 5.41) is 17.7. The number of nitrogens with one attached hydrogen (secondary N) is 2. The summed E-state index contributed by atoms with van der Waals surface area (Å²) >= 11 is 1.46. The molecule has 1 fully saturated rings. The van der Waals surface area contributed by atoms with Gasteiger partial charge in [0, 0.05) is 30.0 Å². The number of aromatic nitrogens is 1. The van der Waals surface area contributed by atoms with Crippen molar-refractivity contribution in [2.45, 2.75) is 29.7 Å². The Balaban J connectivity index is 1.54. The highest BCUT2D eigenvalue weighted by Gasteiger charge is 2.27. The molecule has 0 saturated carbocycles. The second kappa shape index (κ2) is 7.35. The fourth-order valence-corrected chi connectivity index (χ4v) is 3.28. The Bertz CT molecular complexity index is 749. The lowest BCUT2D eigenvalue weighted by Gasteiger charge is -2.11. The van der Waals surface area contributed by atoms with Gasteiger partial charge in [0.2, 0.25) is 11.8 Å². The number of hydrogen-bond donors (Lipinski definition) is 2. The first kappa shape index (κ1) is 16.3. The lowest BCUT2D eigenvalue weighted by atomic mass is 10.2. The molecule has 6 nitrogen and oxygen atoms in total. The van der Waals surface area contributed by atoms with Gasteiger partial charge in [-0.1, -0.05) is 23.9 Å². The molecule has 2 heterocycles. The molecule has 0 bridgehead atoms. The summed E-state index contributed by atoms with van der Waals surface area (Å²) in [6.07, 6.45) is 2.40. The maximum absolute atomic E-state index is 12.0. The van der Waals surface area contributed by atoms with E-state index in [2.05, 4.69) is 10.6 Å². The van der Waals surface area contributed by atoms with Gasteiger partial charge in [0.05, 0.1) is 0 Å². The van der Waals surface area contributed by atoms with Crippen LogP contribution in [0.4, 0.5) is 5.69 Å². The summed E-state index contributed by atoms with van der Waals surface area (Å²) in [5.74, 6) is 0.387. The summed E-state index contributed by atoms with van der Waals surface area (Å²) in [5.41, 5.74) is 1.74. The van der Waals surface area contributed by atoms with E-state index in [9.17, 15) is 14.8 Å². The van der Waals surface area contributed by atoms with E-state index in [-0.39, 0.29) is 11.8 Å². The molecule has 2 amide bonds. The van der Waals surface area contributed by atoms with Gasteiger partial charge in [-0.15, -0.1) is 0 Å². The number of thioether (sulfide) groups is 1. The standard InChI is InChI=1S/C17H17N3O3S/c21-15-9-8-14(19-15)17(22)18-13-6-4-12(5-7-13)11-24-16-3-1-2-10-20(16)23/h1-7,10,14H,8-9,11H2,(H,18,22)(H,19,21)/t14-/m0/s1. The predicted octanol–water partition coefficient (Wildman–Crippen LogP) is 1.83. The van der Waals surface area contributed by atoms with Gasteiger partial charge in [0.1, 0.15) is 6.04 Å². The van der Waals surface area contributed by atoms with Gasteiger partial charge >= 0.3 is 0 Å². The molecule has 1 saturated heterocycles. The number of nitrogens with zero attached hydrogens (tertiary/aromatic N) is 1. The van der Waals surface area contributed by atoms with E-state index < -0.39 is 6.04 Å². The third-order valence-corrected chi connectivity index (χ3v) is 4.80. The summed E-state index contributed by atoms with van der Waals surface area (Å²) in [6.45, 7) is 0. The van der Waals surface area contributed by atoms with Gasteiger partial charge in [-0.3, -0.25) is 9.59 Å². The number of benzene rings is 1. The molecule has 1 aliphatic rings. The number of hydrogen-bond acceptors (Lipinski definition) is 4. The molecule has 3 rings (SSSR count). The lowest BCUT2D eigenvalue weighted by Crippen LogP contribution is -2.37. The summed E-state index contributed by atoms with van der Waals surface area (Å²) in [6, 6.07) is 12.3. The summed E-state index contributed by atoms with van der Waals surface area (Å²) < 4.78 is 0.842. The normalized spacial score (nSPS) is 16.7. The minimum absolute atomic E-state index is 0.0842. The van der Waals surface area contributed by atoms with E-state index in [0.29, 0.717) is 29.3 Å². The molecule has 24 heavy (non-hydrogen) atoms. The number of anilines is 1. The predicted molar refractivity (Wildman–Crippen MR) is 91.2 cm³/mol. The monoisotopic (exact) mass is 343 g/mol. The fraction of sp³-hybridized carbons (Fsp3) is 0.235. The minimum atomic E-state index is -0.446. The highest BCUT2D eigenvalue weighted by atomic mass is 32.2. The zero-order valence-electron chi connectivity index (χ0n) is 12.9. The van der Waals surface area contributed by atoms with Crippen molar-refractivity contribution in [3.8, 4) is 0 Å². The zero-order chi connectivity index (χ0) is 16.9. The van der Waals surface area contributed by atoms with Gasteiger partial charge in [-0.2, -0.15) is 4.73 Å². The number of amides is 2. The van der Waals surface area contributed by atoms with Crippen molar-refractivity contribution in [3.63, 3.8) is 0 Å². The number of rotatable bonds is 5. The van der Waals surface area contributed by atoms with Crippen molar-refractivity contribution in [1.82, 2.24) is 5.32 Å². The topological polar surface area (TPSA) is 85.1 Å². The fourth-order valence-electron chi connectivity index (χ4n) is 2.41. The van der Waals surface area contributed by atoms with Crippen molar-refractivity contribution < 1.29 is 14.3 Å². The Morgan fingerprint density at radius 1 is 1.29 bits per heavy atom. The van der Waals surface area contributed by atoms with E-state index in [1.54, 1.807) is 12.1 Å². The van der Waals surface area contributed by atoms with Crippen molar-refractivity contribution in [3.05, 3.63) is 59.4 Å². The first-order valence-electron chi connectivity index (χ1n) is 7.62. The maximum atomic E-state index is 12.0.